The molecule has 0 atom stereocenters. The van der Waals surface area contributed by atoms with E-state index in [1.807, 2.05) is 42.5 Å². The van der Waals surface area contributed by atoms with Gasteiger partial charge in [-0.1, -0.05) is 159 Å². The van der Waals surface area contributed by atoms with Crippen LogP contribution in [0, 0.1) is 0 Å². The SMILES string of the molecule is [2H]c1nc(-c2cc(-c3cccc4c3nc(-c3ccccc3O)n4-c3cc(C(C)(C)C)ccc3-c3ccc(C(C)(C)C)cc3)cc(C(C)(C)C)c2)c([2H])c(-c2c([2H])c([2H])c([2H])c([2H])c2[2H])c1[2H]. The molecular weight excluding hydrogens is 707 g/mol. The van der Waals surface area contributed by atoms with Crippen molar-refractivity contribution in [2.24, 2.45) is 0 Å². The van der Waals surface area contributed by atoms with Gasteiger partial charge in [-0.05, 0) is 104 Å². The lowest BCUT2D eigenvalue weighted by atomic mass is 9.83. The molecule has 4 heteroatoms. The van der Waals surface area contributed by atoms with Crippen molar-refractivity contribution in [1.82, 2.24) is 14.5 Å². The Balaban J connectivity index is 1.43. The van der Waals surface area contributed by atoms with E-state index in [-0.39, 0.29) is 39.4 Å². The van der Waals surface area contributed by atoms with Crippen LogP contribution < -0.4 is 0 Å². The lowest BCUT2D eigenvalue weighted by Crippen LogP contribution is -2.13. The van der Waals surface area contributed by atoms with Gasteiger partial charge in [0, 0.05) is 22.9 Å². The summed E-state index contributed by atoms with van der Waals surface area (Å²) in [5, 5.41) is 11.5. The van der Waals surface area contributed by atoms with Crippen molar-refractivity contribution in [1.29, 1.82) is 0 Å². The van der Waals surface area contributed by atoms with Crippen LogP contribution in [0.25, 0.3) is 72.7 Å². The summed E-state index contributed by atoms with van der Waals surface area (Å²) in [5.74, 6) is 0.605. The molecular formula is C54H53N3O. The highest BCUT2D eigenvalue weighted by atomic mass is 16.3. The third-order valence-electron chi connectivity index (χ3n) is 10.7. The molecule has 0 bridgehead atoms. The zero-order valence-electron chi connectivity index (χ0n) is 42.6. The standard InChI is InChI=1S/C54H53N3O/c1-52(2,3)40-24-22-36(23-25-40)43-27-26-41(53(4,5)6)34-48(43)57-47-20-15-19-44(50(47)56-51(57)45-18-13-14-21-49(45)58)38-30-39(32-42(31-38)54(7,8)9)46-33-37(28-29-55-46)35-16-11-10-12-17-35/h10-34,58H,1-9H3/i10D,11D,12D,16D,17D,28D,29D,33D. The average Bonchev–Trinajstić information content (AvgIpc) is 3.65. The van der Waals surface area contributed by atoms with Gasteiger partial charge < -0.3 is 5.11 Å². The van der Waals surface area contributed by atoms with E-state index in [2.05, 4.69) is 120 Å². The van der Waals surface area contributed by atoms with Crippen LogP contribution in [-0.4, -0.2) is 19.6 Å². The summed E-state index contributed by atoms with van der Waals surface area (Å²) < 4.78 is 71.4. The molecule has 0 amide bonds. The molecule has 1 N–H and O–H groups in total. The summed E-state index contributed by atoms with van der Waals surface area (Å²) in [6, 6.07) is 30.4. The second-order valence-electron chi connectivity index (χ2n) is 18.0. The summed E-state index contributed by atoms with van der Waals surface area (Å²) in [5.41, 5.74) is 8.76. The number of pyridine rings is 1. The van der Waals surface area contributed by atoms with E-state index < -0.39 is 47.8 Å². The van der Waals surface area contributed by atoms with Crippen LogP contribution in [0.15, 0.2) is 152 Å². The summed E-state index contributed by atoms with van der Waals surface area (Å²) in [4.78, 5) is 9.86. The van der Waals surface area contributed by atoms with Gasteiger partial charge >= 0.3 is 0 Å². The summed E-state index contributed by atoms with van der Waals surface area (Å²) in [6.45, 7) is 19.3. The van der Waals surface area contributed by atoms with E-state index in [0.29, 0.717) is 22.5 Å². The number of aromatic nitrogens is 3. The maximum absolute atomic E-state index is 11.5. The van der Waals surface area contributed by atoms with Gasteiger partial charge in [-0.25, -0.2) is 4.98 Å². The van der Waals surface area contributed by atoms with Crippen LogP contribution in [0.5, 0.6) is 5.75 Å². The number of benzene rings is 6. The van der Waals surface area contributed by atoms with Crippen LogP contribution >= 0.6 is 0 Å². The minimum atomic E-state index is -0.599. The van der Waals surface area contributed by atoms with E-state index in [9.17, 15) is 6.48 Å². The minimum Gasteiger partial charge on any atom is -0.507 e. The van der Waals surface area contributed by atoms with Crippen molar-refractivity contribution in [3.63, 3.8) is 0 Å². The molecule has 290 valence electrons. The Hall–Kier alpha value is -6.26. The molecule has 0 aliphatic rings. The first-order valence-electron chi connectivity index (χ1n) is 23.7. The normalized spacial score (nSPS) is 14.2. The van der Waals surface area contributed by atoms with Crippen LogP contribution in [0.2, 0.25) is 0 Å². The number of hydrogen-bond acceptors (Lipinski definition) is 3. The molecule has 8 aromatic rings. The van der Waals surface area contributed by atoms with Gasteiger partial charge in [0.05, 0.1) is 38.9 Å². The van der Waals surface area contributed by atoms with E-state index in [1.54, 1.807) is 12.1 Å². The predicted octanol–water partition coefficient (Wildman–Crippen LogP) is 14.4. The maximum Gasteiger partial charge on any atom is 0.149 e. The molecule has 0 saturated carbocycles. The smallest absolute Gasteiger partial charge is 0.149 e. The van der Waals surface area contributed by atoms with Gasteiger partial charge in [-0.2, -0.15) is 0 Å². The van der Waals surface area contributed by atoms with Crippen LogP contribution in [0.3, 0.4) is 0 Å². The molecule has 2 aromatic heterocycles. The fourth-order valence-electron chi connectivity index (χ4n) is 7.30. The quantitative estimate of drug-likeness (QED) is 0.183. The maximum atomic E-state index is 11.5. The van der Waals surface area contributed by atoms with E-state index >= 15 is 0 Å². The van der Waals surface area contributed by atoms with Gasteiger partial charge in [0.2, 0.25) is 0 Å². The highest BCUT2D eigenvalue weighted by Crippen LogP contribution is 2.43. The van der Waals surface area contributed by atoms with Gasteiger partial charge in [0.25, 0.3) is 0 Å². The topological polar surface area (TPSA) is 50.9 Å². The van der Waals surface area contributed by atoms with Crippen molar-refractivity contribution in [3.05, 3.63) is 168 Å². The molecule has 0 radical (unpaired) electrons. The Morgan fingerprint density at radius 1 is 0.534 bits per heavy atom. The zero-order valence-corrected chi connectivity index (χ0v) is 34.6. The summed E-state index contributed by atoms with van der Waals surface area (Å²) in [7, 11) is 0. The monoisotopic (exact) mass is 767 g/mol. The molecule has 2 heterocycles. The number of para-hydroxylation sites is 2. The van der Waals surface area contributed by atoms with Crippen LogP contribution in [-0.2, 0) is 16.2 Å². The summed E-state index contributed by atoms with van der Waals surface area (Å²) in [6.07, 6.45) is -0.500. The second kappa shape index (κ2) is 14.6. The van der Waals surface area contributed by atoms with Crippen molar-refractivity contribution >= 4 is 11.0 Å². The third-order valence-corrected chi connectivity index (χ3v) is 10.7. The van der Waals surface area contributed by atoms with E-state index in [4.69, 9.17) is 14.6 Å². The molecule has 0 fully saturated rings. The second-order valence-corrected chi connectivity index (χ2v) is 18.0. The van der Waals surface area contributed by atoms with Crippen LogP contribution in [0.4, 0.5) is 0 Å². The Labute approximate surface area is 355 Å². The number of aromatic hydroxyl groups is 1. The molecule has 4 nitrogen and oxygen atoms in total. The van der Waals surface area contributed by atoms with E-state index in [1.165, 1.54) is 5.56 Å². The number of rotatable bonds is 6. The van der Waals surface area contributed by atoms with Gasteiger partial charge in [-0.15, -0.1) is 0 Å². The first kappa shape index (κ1) is 29.9. The Morgan fingerprint density at radius 2 is 1.19 bits per heavy atom. The number of hydrogen-bond donors (Lipinski definition) is 1. The molecule has 0 spiro atoms. The van der Waals surface area contributed by atoms with Crippen molar-refractivity contribution in [3.8, 4) is 67.5 Å². The molecule has 58 heavy (non-hydrogen) atoms. The average molecular weight is 768 g/mol. The van der Waals surface area contributed by atoms with Gasteiger partial charge in [-0.3, -0.25) is 9.55 Å². The van der Waals surface area contributed by atoms with Crippen molar-refractivity contribution in [2.75, 3.05) is 0 Å². The first-order valence-corrected chi connectivity index (χ1v) is 19.7. The summed E-state index contributed by atoms with van der Waals surface area (Å²) >= 11 is 0. The highest BCUT2D eigenvalue weighted by Gasteiger charge is 2.25. The fourth-order valence-corrected chi connectivity index (χ4v) is 7.30. The molecule has 0 saturated heterocycles. The Kier molecular flexibility index (Phi) is 7.53. The number of nitrogens with zero attached hydrogens (tertiary/aromatic N) is 3. The minimum absolute atomic E-state index is 0.0267. The molecule has 8 rings (SSSR count). The van der Waals surface area contributed by atoms with Gasteiger partial charge in [0.1, 0.15) is 11.6 Å². The largest absolute Gasteiger partial charge is 0.507 e. The fraction of sp³-hybridized carbons (Fsp3) is 0.222. The van der Waals surface area contributed by atoms with Gasteiger partial charge in [0.15, 0.2) is 0 Å². The third kappa shape index (κ3) is 7.47. The zero-order chi connectivity index (χ0) is 47.9. The van der Waals surface area contributed by atoms with Crippen molar-refractivity contribution in [2.45, 2.75) is 78.6 Å². The number of phenols is 1. The predicted molar refractivity (Wildman–Crippen MR) is 244 cm³/mol. The van der Waals surface area contributed by atoms with Crippen LogP contribution in [0.1, 0.15) is 90.0 Å². The number of fused-ring (bicyclic) bond motifs is 1. The lowest BCUT2D eigenvalue weighted by molar-refractivity contribution is 0.477. The lowest BCUT2D eigenvalue weighted by Gasteiger charge is -2.24. The molecule has 0 unspecified atom stereocenters. The Bertz CT molecular complexity index is 3220. The highest BCUT2D eigenvalue weighted by molar-refractivity contribution is 5.97. The molecule has 6 aromatic carbocycles. The first-order chi connectivity index (χ1) is 30.9. The molecule has 0 aliphatic heterocycles. The van der Waals surface area contributed by atoms with E-state index in [0.717, 1.165) is 44.6 Å². The number of phenolic OH excluding ortho intramolecular Hbond substituents is 1. The number of imidazole rings is 1. The molecule has 0 aliphatic carbocycles. The Morgan fingerprint density at radius 3 is 1.88 bits per heavy atom. The van der Waals surface area contributed by atoms with Crippen molar-refractivity contribution < 1.29 is 16.1 Å².